The van der Waals surface area contributed by atoms with E-state index >= 15 is 0 Å². The molecule has 1 unspecified atom stereocenters. The van der Waals surface area contributed by atoms with Crippen LogP contribution in [0.1, 0.15) is 98.3 Å². The summed E-state index contributed by atoms with van der Waals surface area (Å²) in [5, 5.41) is 0. The lowest BCUT2D eigenvalue weighted by Gasteiger charge is -2.60. The molecule has 4 aliphatic carbocycles. The Labute approximate surface area is 178 Å². The molecular formula is C27H42O2. The third-order valence-corrected chi connectivity index (χ3v) is 10.3. The average Bonchev–Trinajstić information content (AvgIpc) is 3.04. The minimum absolute atomic E-state index is 0.205. The van der Waals surface area contributed by atoms with E-state index in [1.54, 1.807) is 0 Å². The van der Waals surface area contributed by atoms with Crippen molar-refractivity contribution in [1.29, 1.82) is 0 Å². The summed E-state index contributed by atoms with van der Waals surface area (Å²) in [7, 11) is 0. The number of ketones is 2. The van der Waals surface area contributed by atoms with Crippen LogP contribution in [0.4, 0.5) is 0 Å². The molecule has 0 aromatic heterocycles. The molecule has 0 spiro atoms. The lowest BCUT2D eigenvalue weighted by atomic mass is 9.44. The third kappa shape index (κ3) is 3.37. The van der Waals surface area contributed by atoms with E-state index in [9.17, 15) is 9.59 Å². The molecule has 4 fully saturated rings. The zero-order chi connectivity index (χ0) is 21.0. The van der Waals surface area contributed by atoms with Gasteiger partial charge >= 0.3 is 0 Å². The van der Waals surface area contributed by atoms with Gasteiger partial charge in [0.2, 0.25) is 11.6 Å². The number of rotatable bonds is 5. The highest BCUT2D eigenvalue weighted by Gasteiger charge is 2.59. The number of fused-ring (bicyclic) bond motifs is 5. The minimum atomic E-state index is -0.224. The van der Waals surface area contributed by atoms with E-state index in [1.165, 1.54) is 64.2 Å². The molecule has 4 saturated carbocycles. The summed E-state index contributed by atoms with van der Waals surface area (Å²) in [6.45, 7) is 13.1. The molecule has 0 bridgehead atoms. The van der Waals surface area contributed by atoms with Gasteiger partial charge < -0.3 is 0 Å². The van der Waals surface area contributed by atoms with Gasteiger partial charge in [0.25, 0.3) is 0 Å². The monoisotopic (exact) mass is 398 g/mol. The van der Waals surface area contributed by atoms with Crippen molar-refractivity contribution in [2.24, 2.45) is 46.3 Å². The summed E-state index contributed by atoms with van der Waals surface area (Å²) in [4.78, 5) is 24.6. The molecule has 0 amide bonds. The molecular weight excluding hydrogens is 356 g/mol. The number of hydrogen-bond donors (Lipinski definition) is 0. The normalized spacial score (nSPS) is 44.0. The van der Waals surface area contributed by atoms with Gasteiger partial charge in [0.15, 0.2) is 0 Å². The highest BCUT2D eigenvalue weighted by Crippen LogP contribution is 2.68. The predicted molar refractivity (Wildman–Crippen MR) is 118 cm³/mol. The topological polar surface area (TPSA) is 34.1 Å². The van der Waals surface area contributed by atoms with Crippen LogP contribution >= 0.6 is 0 Å². The summed E-state index contributed by atoms with van der Waals surface area (Å²) >= 11 is 0. The fourth-order valence-corrected chi connectivity index (χ4v) is 8.70. The van der Waals surface area contributed by atoms with Crippen molar-refractivity contribution in [1.82, 2.24) is 0 Å². The van der Waals surface area contributed by atoms with Gasteiger partial charge in [0.05, 0.1) is 0 Å². The highest BCUT2D eigenvalue weighted by molar-refractivity contribution is 6.38. The van der Waals surface area contributed by atoms with Crippen LogP contribution in [0.25, 0.3) is 0 Å². The number of hydrogen-bond acceptors (Lipinski definition) is 2. The van der Waals surface area contributed by atoms with E-state index in [2.05, 4.69) is 20.4 Å². The van der Waals surface area contributed by atoms with Crippen molar-refractivity contribution in [3.63, 3.8) is 0 Å². The molecule has 0 saturated heterocycles. The molecule has 2 nitrogen and oxygen atoms in total. The third-order valence-electron chi connectivity index (χ3n) is 10.3. The fraction of sp³-hybridized carbons (Fsp3) is 0.852. The molecule has 162 valence electrons. The maximum atomic E-state index is 12.4. The molecule has 4 rings (SSSR count). The molecule has 29 heavy (non-hydrogen) atoms. The number of allylic oxidation sites excluding steroid dienone is 1. The van der Waals surface area contributed by atoms with Crippen LogP contribution in [0.2, 0.25) is 0 Å². The van der Waals surface area contributed by atoms with Crippen molar-refractivity contribution < 1.29 is 9.59 Å². The predicted octanol–water partition coefficient (Wildman–Crippen LogP) is 6.78. The first-order chi connectivity index (χ1) is 13.7. The molecule has 7 atom stereocenters. The lowest BCUT2D eigenvalue weighted by molar-refractivity contribution is -0.138. The molecule has 0 N–H and O–H groups in total. The minimum Gasteiger partial charge on any atom is -0.291 e. The van der Waals surface area contributed by atoms with Crippen molar-refractivity contribution >= 4 is 11.6 Å². The summed E-state index contributed by atoms with van der Waals surface area (Å²) in [6, 6.07) is 0. The van der Waals surface area contributed by atoms with E-state index in [0.29, 0.717) is 11.3 Å². The van der Waals surface area contributed by atoms with Crippen LogP contribution in [-0.2, 0) is 9.59 Å². The van der Waals surface area contributed by atoms with E-state index in [-0.39, 0.29) is 29.3 Å². The first-order valence-corrected chi connectivity index (χ1v) is 12.4. The van der Waals surface area contributed by atoms with Gasteiger partial charge in [-0.3, -0.25) is 9.59 Å². The van der Waals surface area contributed by atoms with E-state index < -0.39 is 0 Å². The van der Waals surface area contributed by atoms with Crippen LogP contribution in [0.15, 0.2) is 12.2 Å². The highest BCUT2D eigenvalue weighted by atomic mass is 16.2. The van der Waals surface area contributed by atoms with Gasteiger partial charge in [-0.2, -0.15) is 0 Å². The second kappa shape index (κ2) is 7.65. The van der Waals surface area contributed by atoms with Gasteiger partial charge in [-0.15, -0.1) is 0 Å². The van der Waals surface area contributed by atoms with Crippen LogP contribution in [0.3, 0.4) is 0 Å². The zero-order valence-corrected chi connectivity index (χ0v) is 19.3. The van der Waals surface area contributed by atoms with Gasteiger partial charge in [0.1, 0.15) is 0 Å². The molecule has 0 aliphatic heterocycles. The smallest absolute Gasteiger partial charge is 0.202 e. The van der Waals surface area contributed by atoms with E-state index in [0.717, 1.165) is 29.2 Å². The standard InChI is InChI=1S/C27H42O2/c1-17(2)25(29)24(28)16-18(3)21-11-12-22-20-10-9-19-8-6-7-14-26(19,4)23(20)13-15-27(21,22)5/h17,19-23H,3,6-16H2,1-2,4-5H3/t19?,20-,21+,22-,23-,26-,27+/m0/s1. The Morgan fingerprint density at radius 2 is 1.62 bits per heavy atom. The Bertz CT molecular complexity index is 691. The van der Waals surface area contributed by atoms with Crippen LogP contribution in [-0.4, -0.2) is 11.6 Å². The maximum Gasteiger partial charge on any atom is 0.202 e. The summed E-state index contributed by atoms with van der Waals surface area (Å²) in [5.41, 5.74) is 1.92. The fourth-order valence-electron chi connectivity index (χ4n) is 8.70. The SMILES string of the molecule is C=C(CC(=O)C(=O)C(C)C)[C@H]1CC[C@H]2[C@@H]3CCC4CCCC[C@]4(C)[C@H]3CC[C@]12C. The zero-order valence-electron chi connectivity index (χ0n) is 19.3. The van der Waals surface area contributed by atoms with Crippen molar-refractivity contribution in [3.05, 3.63) is 12.2 Å². The van der Waals surface area contributed by atoms with Gasteiger partial charge in [0, 0.05) is 12.3 Å². The molecule has 2 heteroatoms. The number of carbonyl (C=O) groups is 2. The van der Waals surface area contributed by atoms with E-state index in [4.69, 9.17) is 0 Å². The van der Waals surface area contributed by atoms with Crippen molar-refractivity contribution in [2.45, 2.75) is 98.3 Å². The summed E-state index contributed by atoms with van der Waals surface area (Å²) in [6.07, 6.45) is 14.1. The second-order valence-corrected chi connectivity index (χ2v) is 11.9. The maximum absolute atomic E-state index is 12.4. The Kier molecular flexibility index (Phi) is 5.62. The van der Waals surface area contributed by atoms with Gasteiger partial charge in [-0.05, 0) is 91.8 Å². The molecule has 0 radical (unpaired) electrons. The Morgan fingerprint density at radius 3 is 2.34 bits per heavy atom. The van der Waals surface area contributed by atoms with Gasteiger partial charge in [-0.25, -0.2) is 0 Å². The van der Waals surface area contributed by atoms with Gasteiger partial charge in [-0.1, -0.05) is 52.7 Å². The Balaban J connectivity index is 1.50. The van der Waals surface area contributed by atoms with Crippen molar-refractivity contribution in [2.75, 3.05) is 0 Å². The quantitative estimate of drug-likeness (QED) is 0.378. The second-order valence-electron chi connectivity index (χ2n) is 11.9. The van der Waals surface area contributed by atoms with Crippen molar-refractivity contribution in [3.8, 4) is 0 Å². The largest absolute Gasteiger partial charge is 0.291 e. The molecule has 0 heterocycles. The number of Topliss-reactive ketones (excluding diaryl/α,β-unsaturated/α-hetero) is 2. The van der Waals surface area contributed by atoms with Crippen LogP contribution < -0.4 is 0 Å². The average molecular weight is 399 g/mol. The van der Waals surface area contributed by atoms with Crippen LogP contribution in [0, 0.1) is 46.3 Å². The Morgan fingerprint density at radius 1 is 0.897 bits per heavy atom. The van der Waals surface area contributed by atoms with E-state index in [1.807, 2.05) is 13.8 Å². The first kappa shape index (κ1) is 21.3. The lowest BCUT2D eigenvalue weighted by Crippen LogP contribution is -2.52. The summed E-state index contributed by atoms with van der Waals surface area (Å²) < 4.78 is 0. The molecule has 4 aliphatic rings. The Hall–Kier alpha value is -0.920. The summed E-state index contributed by atoms with van der Waals surface area (Å²) in [5.74, 6) is 3.32. The molecule has 0 aromatic rings. The molecule has 0 aromatic carbocycles. The number of carbonyl (C=O) groups excluding carboxylic acids is 2. The first-order valence-electron chi connectivity index (χ1n) is 12.4. The van der Waals surface area contributed by atoms with Crippen LogP contribution in [0.5, 0.6) is 0 Å².